The maximum absolute atomic E-state index is 13.3. The minimum absolute atomic E-state index is 0.0107. The Morgan fingerprint density at radius 3 is 2.00 bits per heavy atom. The standard InChI is InChI=1S/C21H13F6N3O5S/c1-36(34,35)14-6-7-15-11(8-14)9-30(18(32)33)16(15)17(31)29-13-4-2-12(3-5-13)19(10-28,20(22,23)24)21(25,26)27/h2-9H,1H3,(H,29,31)(H,32,33). The zero-order valence-electron chi connectivity index (χ0n) is 17.8. The summed E-state index contributed by atoms with van der Waals surface area (Å²) in [5, 5.41) is 20.5. The molecule has 1 aromatic heterocycles. The van der Waals surface area contributed by atoms with Crippen molar-refractivity contribution in [1.29, 1.82) is 5.26 Å². The van der Waals surface area contributed by atoms with E-state index in [1.165, 1.54) is 6.07 Å². The van der Waals surface area contributed by atoms with Gasteiger partial charge in [0, 0.05) is 28.9 Å². The first-order valence-electron chi connectivity index (χ1n) is 9.49. The van der Waals surface area contributed by atoms with Crippen molar-refractivity contribution in [2.45, 2.75) is 22.7 Å². The first kappa shape index (κ1) is 26.5. The van der Waals surface area contributed by atoms with Crippen molar-refractivity contribution in [3.05, 3.63) is 59.9 Å². The van der Waals surface area contributed by atoms with Gasteiger partial charge in [-0.05, 0) is 29.8 Å². The van der Waals surface area contributed by atoms with Gasteiger partial charge in [0.05, 0.1) is 11.0 Å². The number of nitriles is 1. The van der Waals surface area contributed by atoms with Crippen molar-refractivity contribution in [3.8, 4) is 6.07 Å². The highest BCUT2D eigenvalue weighted by molar-refractivity contribution is 7.90. The summed E-state index contributed by atoms with van der Waals surface area (Å²) >= 11 is 0. The molecule has 1 heterocycles. The van der Waals surface area contributed by atoms with Crippen molar-refractivity contribution >= 4 is 38.3 Å². The fourth-order valence-corrected chi connectivity index (χ4v) is 4.14. The van der Waals surface area contributed by atoms with E-state index in [2.05, 4.69) is 5.32 Å². The predicted molar refractivity (Wildman–Crippen MR) is 112 cm³/mol. The van der Waals surface area contributed by atoms with Gasteiger partial charge in [0.2, 0.25) is 0 Å². The van der Waals surface area contributed by atoms with E-state index in [0.29, 0.717) is 34.9 Å². The molecule has 0 bridgehead atoms. The number of amides is 1. The van der Waals surface area contributed by atoms with Crippen molar-refractivity contribution in [2.24, 2.45) is 0 Å². The summed E-state index contributed by atoms with van der Waals surface area (Å²) in [5.41, 5.74) is -7.04. The van der Waals surface area contributed by atoms with Crippen molar-refractivity contribution in [1.82, 2.24) is 4.57 Å². The van der Waals surface area contributed by atoms with Crippen LogP contribution in [0.5, 0.6) is 0 Å². The van der Waals surface area contributed by atoms with E-state index in [1.807, 2.05) is 0 Å². The van der Waals surface area contributed by atoms with Crippen LogP contribution in [-0.2, 0) is 15.3 Å². The van der Waals surface area contributed by atoms with Crippen LogP contribution in [0.1, 0.15) is 16.1 Å². The van der Waals surface area contributed by atoms with E-state index >= 15 is 0 Å². The Hall–Kier alpha value is -4.06. The van der Waals surface area contributed by atoms with Crippen LogP contribution < -0.4 is 5.32 Å². The number of aromatic nitrogens is 1. The molecule has 0 fully saturated rings. The molecular formula is C21H13F6N3O5S. The largest absolute Gasteiger partial charge is 0.464 e. The molecule has 0 spiro atoms. The highest BCUT2D eigenvalue weighted by Crippen LogP contribution is 2.51. The average molecular weight is 533 g/mol. The molecule has 0 aliphatic heterocycles. The van der Waals surface area contributed by atoms with Crippen molar-refractivity contribution < 1.29 is 49.5 Å². The summed E-state index contributed by atoms with van der Waals surface area (Å²) in [6.45, 7) is 0. The molecule has 2 N–H and O–H groups in total. The van der Waals surface area contributed by atoms with Gasteiger partial charge in [-0.3, -0.25) is 4.79 Å². The number of carboxylic acid groups (broad SMARTS) is 1. The quantitative estimate of drug-likeness (QED) is 0.468. The van der Waals surface area contributed by atoms with Crippen LogP contribution in [0.4, 0.5) is 36.8 Å². The SMILES string of the molecule is CS(=O)(=O)c1ccc2c(C(=O)Nc3ccc(C(C#N)(C(F)(F)F)C(F)(F)F)cc3)n(C(=O)O)cc2c1. The second-order valence-corrected chi connectivity index (χ2v) is 9.56. The van der Waals surface area contributed by atoms with Crippen LogP contribution in [-0.4, -0.2) is 48.7 Å². The Balaban J connectivity index is 2.03. The van der Waals surface area contributed by atoms with Crippen LogP contribution >= 0.6 is 0 Å². The van der Waals surface area contributed by atoms with Gasteiger partial charge in [0.1, 0.15) is 5.69 Å². The van der Waals surface area contributed by atoms with Crippen LogP contribution in [0.15, 0.2) is 53.6 Å². The topological polar surface area (TPSA) is 129 Å². The first-order valence-corrected chi connectivity index (χ1v) is 11.4. The van der Waals surface area contributed by atoms with E-state index in [-0.39, 0.29) is 21.4 Å². The molecule has 36 heavy (non-hydrogen) atoms. The lowest BCUT2D eigenvalue weighted by Crippen LogP contribution is -2.52. The van der Waals surface area contributed by atoms with Crippen LogP contribution in [0, 0.1) is 11.3 Å². The number of fused-ring (bicyclic) bond motifs is 1. The molecular weight excluding hydrogens is 520 g/mol. The number of carbonyl (C=O) groups is 2. The summed E-state index contributed by atoms with van der Waals surface area (Å²) < 4.78 is 104. The second kappa shape index (κ2) is 8.55. The maximum atomic E-state index is 13.3. The monoisotopic (exact) mass is 533 g/mol. The van der Waals surface area contributed by atoms with E-state index in [0.717, 1.165) is 24.6 Å². The van der Waals surface area contributed by atoms with Gasteiger partial charge >= 0.3 is 18.4 Å². The maximum Gasteiger partial charge on any atom is 0.420 e. The molecule has 3 rings (SSSR count). The Kier molecular flexibility index (Phi) is 6.31. The van der Waals surface area contributed by atoms with Crippen molar-refractivity contribution in [3.63, 3.8) is 0 Å². The minimum atomic E-state index is -6.00. The average Bonchev–Trinajstić information content (AvgIpc) is 3.12. The van der Waals surface area contributed by atoms with Gasteiger partial charge in [-0.25, -0.2) is 17.8 Å². The number of halogens is 6. The molecule has 0 radical (unpaired) electrons. The molecule has 8 nitrogen and oxygen atoms in total. The summed E-state index contributed by atoms with van der Waals surface area (Å²) in [6.07, 6.45) is -11.7. The van der Waals surface area contributed by atoms with Crippen LogP contribution in [0.25, 0.3) is 10.8 Å². The van der Waals surface area contributed by atoms with E-state index in [9.17, 15) is 49.5 Å². The Morgan fingerprint density at radius 1 is 1.00 bits per heavy atom. The third-order valence-corrected chi connectivity index (χ3v) is 6.34. The highest BCUT2D eigenvalue weighted by atomic mass is 32.2. The van der Waals surface area contributed by atoms with Gasteiger partial charge < -0.3 is 10.4 Å². The van der Waals surface area contributed by atoms with E-state index in [1.54, 1.807) is 0 Å². The van der Waals surface area contributed by atoms with E-state index < -0.39 is 50.9 Å². The lowest BCUT2D eigenvalue weighted by atomic mass is 9.80. The summed E-state index contributed by atoms with van der Waals surface area (Å²) in [5.74, 6) is -1.11. The van der Waals surface area contributed by atoms with Gasteiger partial charge in [-0.1, -0.05) is 18.2 Å². The molecule has 190 valence electrons. The molecule has 0 unspecified atom stereocenters. The second-order valence-electron chi connectivity index (χ2n) is 7.54. The zero-order valence-corrected chi connectivity index (χ0v) is 18.6. The fourth-order valence-electron chi connectivity index (χ4n) is 3.48. The predicted octanol–water partition coefficient (Wildman–Crippen LogP) is 4.71. The number of benzene rings is 2. The number of hydrogen-bond acceptors (Lipinski definition) is 5. The summed E-state index contributed by atoms with van der Waals surface area (Å²) in [6, 6.07) is 5.85. The molecule has 15 heteroatoms. The number of alkyl halides is 6. The number of carbonyl (C=O) groups excluding carboxylic acids is 1. The van der Waals surface area contributed by atoms with Crippen LogP contribution in [0.2, 0.25) is 0 Å². The Bertz CT molecular complexity index is 1500. The Morgan fingerprint density at radius 2 is 1.56 bits per heavy atom. The van der Waals surface area contributed by atoms with E-state index in [4.69, 9.17) is 5.26 Å². The number of hydrogen-bond donors (Lipinski definition) is 2. The van der Waals surface area contributed by atoms with Crippen molar-refractivity contribution in [2.75, 3.05) is 11.6 Å². The molecule has 2 aromatic carbocycles. The third-order valence-electron chi connectivity index (χ3n) is 5.23. The highest BCUT2D eigenvalue weighted by Gasteiger charge is 2.72. The molecule has 1 amide bonds. The van der Waals surface area contributed by atoms with Gasteiger partial charge in [-0.15, -0.1) is 0 Å². The van der Waals surface area contributed by atoms with Crippen LogP contribution in [0.3, 0.4) is 0 Å². The smallest absolute Gasteiger partial charge is 0.420 e. The fraction of sp³-hybridized carbons (Fsp3) is 0.190. The lowest BCUT2D eigenvalue weighted by Gasteiger charge is -2.31. The Labute approximate surface area is 198 Å². The van der Waals surface area contributed by atoms with Gasteiger partial charge in [0.15, 0.2) is 9.84 Å². The normalized spacial score (nSPS) is 12.8. The number of nitrogens with one attached hydrogen (secondary N) is 1. The molecule has 3 aromatic rings. The molecule has 0 saturated heterocycles. The molecule has 0 atom stereocenters. The first-order chi connectivity index (χ1) is 16.4. The number of rotatable bonds is 4. The van der Waals surface area contributed by atoms with Gasteiger partial charge in [-0.2, -0.15) is 31.6 Å². The third kappa shape index (κ3) is 4.35. The van der Waals surface area contributed by atoms with Gasteiger partial charge in [0.25, 0.3) is 11.3 Å². The molecule has 0 aliphatic carbocycles. The number of sulfone groups is 1. The number of anilines is 1. The lowest BCUT2D eigenvalue weighted by molar-refractivity contribution is -0.283. The minimum Gasteiger partial charge on any atom is -0.464 e. The number of nitrogens with zero attached hydrogens (tertiary/aromatic N) is 2. The molecule has 0 aliphatic rings. The summed E-state index contributed by atoms with van der Waals surface area (Å²) in [4.78, 5) is 24.3. The molecule has 0 saturated carbocycles. The zero-order chi connectivity index (χ0) is 27.3. The summed E-state index contributed by atoms with van der Waals surface area (Å²) in [7, 11) is -3.67.